The molecule has 0 aliphatic carbocycles. The summed E-state index contributed by atoms with van der Waals surface area (Å²) in [6.07, 6.45) is -3.19. The monoisotopic (exact) mass is 560 g/mol. The summed E-state index contributed by atoms with van der Waals surface area (Å²) in [6.45, 7) is 3.74. The van der Waals surface area contributed by atoms with Gasteiger partial charge in [-0.25, -0.2) is 26.3 Å². The van der Waals surface area contributed by atoms with E-state index in [2.05, 4.69) is 23.2 Å². The topological polar surface area (TPSA) is 18.5 Å². The number of halogens is 8. The highest BCUT2D eigenvalue weighted by atomic mass is 19.3. The van der Waals surface area contributed by atoms with Crippen molar-refractivity contribution in [2.24, 2.45) is 0 Å². The van der Waals surface area contributed by atoms with Crippen molar-refractivity contribution in [3.63, 3.8) is 0 Å². The van der Waals surface area contributed by atoms with Crippen LogP contribution in [0.2, 0.25) is 0 Å². The second-order valence-corrected chi connectivity index (χ2v) is 8.20. The summed E-state index contributed by atoms with van der Waals surface area (Å²) in [7, 11) is 0. The van der Waals surface area contributed by atoms with Crippen molar-refractivity contribution in [2.75, 3.05) is 6.61 Å². The molecular weight excluding hydrogens is 544 g/mol. The molecule has 4 rings (SSSR count). The summed E-state index contributed by atoms with van der Waals surface area (Å²) in [5.74, 6) is -5.42. The summed E-state index contributed by atoms with van der Waals surface area (Å²) in [6, 6.07) is 11.8. The summed E-state index contributed by atoms with van der Waals surface area (Å²) >= 11 is 0. The maximum atomic E-state index is 14.5. The van der Waals surface area contributed by atoms with Gasteiger partial charge in [-0.05, 0) is 42.0 Å². The van der Waals surface area contributed by atoms with Crippen molar-refractivity contribution in [1.29, 1.82) is 0 Å². The average molecular weight is 560 g/mol. The maximum Gasteiger partial charge on any atom is 0.432 e. The molecule has 0 aliphatic rings. The van der Waals surface area contributed by atoms with E-state index >= 15 is 0 Å². The van der Waals surface area contributed by atoms with E-state index < -0.39 is 52.3 Å². The third-order valence-corrected chi connectivity index (χ3v) is 5.39. The Labute approximate surface area is 223 Å². The number of rotatable bonds is 7. The van der Waals surface area contributed by atoms with Crippen molar-refractivity contribution < 1.29 is 44.6 Å². The quantitative estimate of drug-likeness (QED) is 0.0981. The van der Waals surface area contributed by atoms with Crippen LogP contribution in [0.25, 0.3) is 11.1 Å². The lowest BCUT2D eigenvalue weighted by molar-refractivity contribution is -0.189. The van der Waals surface area contributed by atoms with Gasteiger partial charge in [0.05, 0.1) is 0 Å². The molecule has 0 N–H and O–H groups in total. The number of alkyl halides is 2. The highest BCUT2D eigenvalue weighted by Gasteiger charge is 2.41. The van der Waals surface area contributed by atoms with Crippen LogP contribution in [0, 0.1) is 46.7 Å². The van der Waals surface area contributed by atoms with Gasteiger partial charge in [0.1, 0.15) is 41.1 Å². The predicted octanol–water partition coefficient (Wildman–Crippen LogP) is 8.28. The first-order valence-corrected chi connectivity index (χ1v) is 11.3. The molecule has 0 heterocycles. The van der Waals surface area contributed by atoms with Crippen LogP contribution >= 0.6 is 0 Å². The first-order chi connectivity index (χ1) is 19.0. The molecule has 0 amide bonds. The van der Waals surface area contributed by atoms with Gasteiger partial charge in [-0.15, -0.1) is 0 Å². The largest absolute Gasteiger partial charge is 0.489 e. The normalized spacial score (nSPS) is 11.0. The van der Waals surface area contributed by atoms with E-state index in [4.69, 9.17) is 4.74 Å². The lowest BCUT2D eigenvalue weighted by Gasteiger charge is -2.19. The van der Waals surface area contributed by atoms with Crippen molar-refractivity contribution >= 4 is 0 Å². The van der Waals surface area contributed by atoms with Gasteiger partial charge in [0.25, 0.3) is 0 Å². The molecule has 0 aromatic heterocycles. The van der Waals surface area contributed by atoms with Crippen molar-refractivity contribution in [3.8, 4) is 34.5 Å². The van der Waals surface area contributed by atoms with Crippen molar-refractivity contribution in [2.45, 2.75) is 6.11 Å². The molecule has 2 nitrogen and oxygen atoms in total. The van der Waals surface area contributed by atoms with Gasteiger partial charge in [-0.1, -0.05) is 36.6 Å². The zero-order valence-electron chi connectivity index (χ0n) is 20.2. The molecule has 0 atom stereocenters. The zero-order chi connectivity index (χ0) is 29.0. The Kier molecular flexibility index (Phi) is 8.14. The molecule has 4 aromatic carbocycles. The summed E-state index contributed by atoms with van der Waals surface area (Å²) in [5.41, 5.74) is -0.967. The van der Waals surface area contributed by atoms with Crippen LogP contribution in [0.5, 0.6) is 11.5 Å². The molecule has 40 heavy (non-hydrogen) atoms. The molecule has 0 unspecified atom stereocenters. The van der Waals surface area contributed by atoms with Crippen molar-refractivity contribution in [1.82, 2.24) is 0 Å². The minimum Gasteiger partial charge on any atom is -0.489 e. The maximum absolute atomic E-state index is 14.5. The highest BCUT2D eigenvalue weighted by Crippen LogP contribution is 2.36. The van der Waals surface area contributed by atoms with Crippen LogP contribution in [-0.2, 0) is 6.11 Å². The smallest absolute Gasteiger partial charge is 0.432 e. The Morgan fingerprint density at radius 3 is 1.82 bits per heavy atom. The number of benzene rings is 4. The highest BCUT2D eigenvalue weighted by molar-refractivity contribution is 5.66. The second-order valence-electron chi connectivity index (χ2n) is 8.20. The Hall–Kier alpha value is -4.78. The fraction of sp³-hybridized carbons (Fsp3) is 0.0667. The minimum atomic E-state index is -4.71. The van der Waals surface area contributed by atoms with E-state index in [1.54, 1.807) is 18.2 Å². The van der Waals surface area contributed by atoms with E-state index in [1.807, 2.05) is 0 Å². The van der Waals surface area contributed by atoms with E-state index in [-0.39, 0.29) is 24.3 Å². The average Bonchev–Trinajstić information content (AvgIpc) is 2.89. The van der Waals surface area contributed by atoms with E-state index in [0.717, 1.165) is 0 Å². The first-order valence-electron chi connectivity index (χ1n) is 11.3. The molecule has 0 aliphatic heterocycles. The third-order valence-electron chi connectivity index (χ3n) is 5.39. The van der Waals surface area contributed by atoms with E-state index in [0.29, 0.717) is 34.6 Å². The van der Waals surface area contributed by atoms with Crippen LogP contribution in [0.15, 0.2) is 79.4 Å². The first kappa shape index (κ1) is 28.2. The standard InChI is InChI=1S/C30H16F8O2/c1-2-11-39-20-9-10-22(23(31)14-20)19-7-5-17(6-8-19)3-4-18-12-24(32)28(25(33)13-18)30(37,38)40-21-15-26(34)29(36)27(35)16-21/h2,5-10,12-16H,1,11H2. The SMILES string of the molecule is C=CCOc1ccc(-c2ccc(C#Cc3cc(F)c(C(F)(F)Oc4cc(F)c(F)c(F)c4)c(F)c3)cc2)c(F)c1. The summed E-state index contributed by atoms with van der Waals surface area (Å²) < 4.78 is 121. The molecule has 0 fully saturated rings. The number of hydrogen-bond acceptors (Lipinski definition) is 2. The molecule has 204 valence electrons. The fourth-order valence-electron chi connectivity index (χ4n) is 3.57. The molecule has 0 radical (unpaired) electrons. The Morgan fingerprint density at radius 2 is 1.25 bits per heavy atom. The molecule has 0 saturated heterocycles. The fourth-order valence-corrected chi connectivity index (χ4v) is 3.57. The molecule has 0 bridgehead atoms. The Balaban J connectivity index is 1.53. The van der Waals surface area contributed by atoms with Crippen LogP contribution in [0.3, 0.4) is 0 Å². The molecule has 0 spiro atoms. The van der Waals surface area contributed by atoms with Crippen LogP contribution < -0.4 is 9.47 Å². The predicted molar refractivity (Wildman–Crippen MR) is 131 cm³/mol. The Bertz CT molecular complexity index is 1590. The van der Waals surface area contributed by atoms with Gasteiger partial charge in [0, 0.05) is 34.9 Å². The summed E-state index contributed by atoms with van der Waals surface area (Å²) in [4.78, 5) is 0. The lowest BCUT2D eigenvalue weighted by Crippen LogP contribution is -2.25. The van der Waals surface area contributed by atoms with Gasteiger partial charge in [0.15, 0.2) is 17.5 Å². The molecule has 4 aromatic rings. The van der Waals surface area contributed by atoms with E-state index in [9.17, 15) is 35.1 Å². The molecule has 10 heteroatoms. The van der Waals surface area contributed by atoms with Gasteiger partial charge >= 0.3 is 6.11 Å². The number of hydrogen-bond donors (Lipinski definition) is 0. The molecular formula is C30H16F8O2. The summed E-state index contributed by atoms with van der Waals surface area (Å²) in [5, 5.41) is 0. The van der Waals surface area contributed by atoms with E-state index in [1.165, 1.54) is 30.3 Å². The lowest BCUT2D eigenvalue weighted by atomic mass is 10.0. The van der Waals surface area contributed by atoms with Crippen LogP contribution in [0.1, 0.15) is 16.7 Å². The zero-order valence-corrected chi connectivity index (χ0v) is 20.2. The third kappa shape index (κ3) is 6.26. The molecule has 0 saturated carbocycles. The van der Waals surface area contributed by atoms with Gasteiger partial charge in [-0.3, -0.25) is 0 Å². The van der Waals surface area contributed by atoms with Gasteiger partial charge < -0.3 is 9.47 Å². The van der Waals surface area contributed by atoms with Crippen molar-refractivity contribution in [3.05, 3.63) is 131 Å². The van der Waals surface area contributed by atoms with Crippen LogP contribution in [-0.4, -0.2) is 6.61 Å². The number of ether oxygens (including phenoxy) is 2. The van der Waals surface area contributed by atoms with Gasteiger partial charge in [0.2, 0.25) is 0 Å². The van der Waals surface area contributed by atoms with Crippen LogP contribution in [0.4, 0.5) is 35.1 Å². The minimum absolute atomic E-state index is 0.107. The Morgan fingerprint density at radius 1 is 0.675 bits per heavy atom. The second kappa shape index (κ2) is 11.5. The van der Waals surface area contributed by atoms with Gasteiger partial charge in [-0.2, -0.15) is 8.78 Å².